The second-order valence-electron chi connectivity index (χ2n) is 7.51. The zero-order valence-corrected chi connectivity index (χ0v) is 15.5. The number of carbonyl (C=O) groups is 1. The predicted octanol–water partition coefficient (Wildman–Crippen LogP) is 3.91. The van der Waals surface area contributed by atoms with Gasteiger partial charge >= 0.3 is 0 Å². The zero-order valence-electron chi connectivity index (χ0n) is 14.6. The van der Waals surface area contributed by atoms with Crippen LogP contribution in [0.25, 0.3) is 0 Å². The molecule has 1 N–H and O–H groups in total. The van der Waals surface area contributed by atoms with Gasteiger partial charge in [-0.25, -0.2) is 4.98 Å². The third kappa shape index (κ3) is 3.35. The molecule has 4 nitrogen and oxygen atoms in total. The summed E-state index contributed by atoms with van der Waals surface area (Å²) in [5.41, 5.74) is 4.19. The van der Waals surface area contributed by atoms with Crippen LogP contribution in [0.4, 0.5) is 0 Å². The van der Waals surface area contributed by atoms with Crippen LogP contribution < -0.4 is 5.32 Å². The molecule has 0 spiro atoms. The number of benzene rings is 1. The minimum Gasteiger partial charge on any atom is -0.349 e. The quantitative estimate of drug-likeness (QED) is 0.908. The SMILES string of the molecule is C[C@]12C[C@@H](c3ccccc3)N(Cc3cscn3)[C@H]1CCCCC(=O)N2. The molecule has 5 heteroatoms. The molecule has 0 saturated carbocycles. The number of rotatable bonds is 3. The largest absolute Gasteiger partial charge is 0.349 e. The first-order valence-electron chi connectivity index (χ1n) is 9.14. The third-order valence-electron chi connectivity index (χ3n) is 5.72. The van der Waals surface area contributed by atoms with Crippen LogP contribution in [0.15, 0.2) is 41.2 Å². The van der Waals surface area contributed by atoms with Crippen LogP contribution in [-0.2, 0) is 11.3 Å². The maximum Gasteiger partial charge on any atom is 0.220 e. The number of nitrogens with zero attached hydrogens (tertiary/aromatic N) is 2. The highest BCUT2D eigenvalue weighted by atomic mass is 32.1. The summed E-state index contributed by atoms with van der Waals surface area (Å²) in [6.45, 7) is 3.08. The van der Waals surface area contributed by atoms with E-state index in [9.17, 15) is 4.79 Å². The number of thiazole rings is 1. The number of carbonyl (C=O) groups excluding carboxylic acids is 1. The molecular weight excluding hydrogens is 330 g/mol. The highest BCUT2D eigenvalue weighted by Crippen LogP contribution is 2.45. The van der Waals surface area contributed by atoms with Crippen LogP contribution in [0.3, 0.4) is 0 Å². The molecule has 4 rings (SSSR count). The Balaban J connectivity index is 1.70. The molecule has 0 unspecified atom stereocenters. The molecule has 1 aromatic heterocycles. The Morgan fingerprint density at radius 1 is 1.32 bits per heavy atom. The number of hydrogen-bond acceptors (Lipinski definition) is 4. The second-order valence-corrected chi connectivity index (χ2v) is 8.23. The minimum atomic E-state index is -0.173. The Hall–Kier alpha value is -1.72. The number of fused-ring (bicyclic) bond motifs is 1. The summed E-state index contributed by atoms with van der Waals surface area (Å²) in [5, 5.41) is 5.51. The van der Waals surface area contributed by atoms with Gasteiger partial charge in [0.1, 0.15) is 0 Å². The first-order valence-corrected chi connectivity index (χ1v) is 10.1. The predicted molar refractivity (Wildman–Crippen MR) is 100 cm³/mol. The summed E-state index contributed by atoms with van der Waals surface area (Å²) in [6, 6.07) is 11.4. The van der Waals surface area contributed by atoms with Gasteiger partial charge in [-0.3, -0.25) is 9.69 Å². The van der Waals surface area contributed by atoms with Gasteiger partial charge in [0.05, 0.1) is 16.7 Å². The fourth-order valence-corrected chi connectivity index (χ4v) is 5.12. The van der Waals surface area contributed by atoms with Crippen LogP contribution in [0.5, 0.6) is 0 Å². The summed E-state index contributed by atoms with van der Waals surface area (Å²) >= 11 is 1.65. The maximum absolute atomic E-state index is 12.3. The Morgan fingerprint density at radius 2 is 2.16 bits per heavy atom. The number of amides is 1. The van der Waals surface area contributed by atoms with Crippen molar-refractivity contribution >= 4 is 17.2 Å². The number of likely N-dealkylation sites (tertiary alicyclic amines) is 1. The van der Waals surface area contributed by atoms with E-state index >= 15 is 0 Å². The Labute approximate surface area is 153 Å². The highest BCUT2D eigenvalue weighted by Gasteiger charge is 2.50. The number of hydrogen-bond donors (Lipinski definition) is 1. The Kier molecular flexibility index (Phi) is 4.61. The first kappa shape index (κ1) is 16.7. The molecule has 1 aromatic carbocycles. The van der Waals surface area contributed by atoms with E-state index < -0.39 is 0 Å². The summed E-state index contributed by atoms with van der Waals surface area (Å²) in [5.74, 6) is 0.203. The van der Waals surface area contributed by atoms with E-state index in [0.29, 0.717) is 18.5 Å². The number of aromatic nitrogens is 1. The average molecular weight is 356 g/mol. The molecule has 3 atom stereocenters. The van der Waals surface area contributed by atoms with Gasteiger partial charge in [-0.2, -0.15) is 0 Å². The van der Waals surface area contributed by atoms with Crippen LogP contribution in [0.1, 0.15) is 56.3 Å². The standard InChI is InChI=1S/C20H25N3OS/c1-20-11-17(15-7-3-2-4-8-15)23(12-16-13-25-14-21-16)18(20)9-5-6-10-19(24)22-20/h2-4,7-8,13-14,17-18H,5-6,9-12H2,1H3,(H,22,24)/t17-,18-,20-/m0/s1. The summed E-state index contributed by atoms with van der Waals surface area (Å²) < 4.78 is 0. The molecule has 132 valence electrons. The molecule has 2 saturated heterocycles. The number of nitrogens with one attached hydrogen (secondary N) is 1. The van der Waals surface area contributed by atoms with Crippen molar-refractivity contribution in [1.82, 2.24) is 15.2 Å². The van der Waals surface area contributed by atoms with Crippen molar-refractivity contribution in [1.29, 1.82) is 0 Å². The monoisotopic (exact) mass is 355 g/mol. The maximum atomic E-state index is 12.3. The minimum absolute atomic E-state index is 0.173. The van der Waals surface area contributed by atoms with E-state index in [1.807, 2.05) is 5.51 Å². The lowest BCUT2D eigenvalue weighted by Gasteiger charge is -2.38. The topological polar surface area (TPSA) is 45.2 Å². The zero-order chi connectivity index (χ0) is 17.3. The first-order chi connectivity index (χ1) is 12.2. The Morgan fingerprint density at radius 3 is 2.92 bits per heavy atom. The van der Waals surface area contributed by atoms with E-state index in [4.69, 9.17) is 0 Å². The van der Waals surface area contributed by atoms with Crippen LogP contribution in [-0.4, -0.2) is 27.4 Å². The van der Waals surface area contributed by atoms with Crippen molar-refractivity contribution < 1.29 is 4.79 Å². The average Bonchev–Trinajstić information content (AvgIpc) is 3.19. The van der Waals surface area contributed by atoms with Crippen molar-refractivity contribution in [2.75, 3.05) is 0 Å². The molecular formula is C20H25N3OS. The fraction of sp³-hybridized carbons (Fsp3) is 0.500. The van der Waals surface area contributed by atoms with E-state index in [-0.39, 0.29) is 11.4 Å². The lowest BCUT2D eigenvalue weighted by Crippen LogP contribution is -2.55. The van der Waals surface area contributed by atoms with Crippen LogP contribution >= 0.6 is 11.3 Å². The summed E-state index contributed by atoms with van der Waals surface area (Å²) in [4.78, 5) is 19.4. The molecule has 0 radical (unpaired) electrons. The van der Waals surface area contributed by atoms with Gasteiger partial charge in [-0.1, -0.05) is 36.8 Å². The second kappa shape index (κ2) is 6.89. The fourth-order valence-electron chi connectivity index (χ4n) is 4.57. The lowest BCUT2D eigenvalue weighted by atomic mass is 9.85. The van der Waals surface area contributed by atoms with Gasteiger partial charge in [0, 0.05) is 30.4 Å². The smallest absolute Gasteiger partial charge is 0.220 e. The molecule has 2 aliphatic rings. The van der Waals surface area contributed by atoms with E-state index in [0.717, 1.165) is 37.9 Å². The molecule has 0 bridgehead atoms. The van der Waals surface area contributed by atoms with Gasteiger partial charge in [-0.05, 0) is 31.7 Å². The summed E-state index contributed by atoms with van der Waals surface area (Å²) in [7, 11) is 0. The van der Waals surface area contributed by atoms with E-state index in [2.05, 4.69) is 57.8 Å². The normalized spacial score (nSPS) is 30.4. The van der Waals surface area contributed by atoms with Crippen LogP contribution in [0.2, 0.25) is 0 Å². The molecule has 1 amide bonds. The summed E-state index contributed by atoms with van der Waals surface area (Å²) in [6.07, 6.45) is 4.84. The highest BCUT2D eigenvalue weighted by molar-refractivity contribution is 7.07. The molecule has 25 heavy (non-hydrogen) atoms. The van der Waals surface area contributed by atoms with Crippen molar-refractivity contribution in [2.24, 2.45) is 0 Å². The van der Waals surface area contributed by atoms with Crippen molar-refractivity contribution in [3.63, 3.8) is 0 Å². The Bertz CT molecular complexity index is 718. The van der Waals surface area contributed by atoms with Gasteiger partial charge in [0.25, 0.3) is 0 Å². The van der Waals surface area contributed by atoms with Gasteiger partial charge in [-0.15, -0.1) is 11.3 Å². The van der Waals surface area contributed by atoms with Gasteiger partial charge < -0.3 is 5.32 Å². The van der Waals surface area contributed by atoms with Crippen molar-refractivity contribution in [3.05, 3.63) is 52.5 Å². The van der Waals surface area contributed by atoms with Gasteiger partial charge in [0.2, 0.25) is 5.91 Å². The molecule has 0 aliphatic carbocycles. The molecule has 2 aliphatic heterocycles. The lowest BCUT2D eigenvalue weighted by molar-refractivity contribution is -0.123. The van der Waals surface area contributed by atoms with Gasteiger partial charge in [0.15, 0.2) is 0 Å². The molecule has 2 aromatic rings. The third-order valence-corrected chi connectivity index (χ3v) is 6.36. The van der Waals surface area contributed by atoms with Crippen molar-refractivity contribution in [2.45, 2.75) is 63.2 Å². The molecule has 2 fully saturated rings. The molecule has 3 heterocycles. The van der Waals surface area contributed by atoms with E-state index in [1.165, 1.54) is 5.56 Å². The van der Waals surface area contributed by atoms with E-state index in [1.54, 1.807) is 11.3 Å². The van der Waals surface area contributed by atoms with Crippen LogP contribution in [0, 0.1) is 0 Å². The van der Waals surface area contributed by atoms with Crippen molar-refractivity contribution in [3.8, 4) is 0 Å².